The van der Waals surface area contributed by atoms with E-state index in [1.807, 2.05) is 46.2 Å². The lowest BCUT2D eigenvalue weighted by Crippen LogP contribution is -2.46. The summed E-state index contributed by atoms with van der Waals surface area (Å²) in [5, 5.41) is 11.4. The van der Waals surface area contributed by atoms with E-state index < -0.39 is 5.60 Å². The number of nitrogens with two attached hydrogens (primary N) is 1. The van der Waals surface area contributed by atoms with Crippen LogP contribution in [0.1, 0.15) is 48.4 Å². The maximum atomic E-state index is 13.4. The van der Waals surface area contributed by atoms with Crippen LogP contribution < -0.4 is 5.73 Å². The van der Waals surface area contributed by atoms with Crippen molar-refractivity contribution < 1.29 is 14.6 Å². The average Bonchev–Trinajstić information content (AvgIpc) is 3.39. The van der Waals surface area contributed by atoms with Crippen LogP contribution in [0.2, 0.25) is 0 Å². The van der Waals surface area contributed by atoms with Crippen molar-refractivity contribution >= 4 is 33.9 Å². The number of rotatable bonds is 2. The normalized spacial score (nSPS) is 24.1. The number of aryl methyl sites for hydroxylation is 2. The molecule has 3 aromatic heterocycles. The van der Waals surface area contributed by atoms with Gasteiger partial charge in [0.2, 0.25) is 0 Å². The van der Waals surface area contributed by atoms with Crippen molar-refractivity contribution in [3.63, 3.8) is 0 Å². The second-order valence-corrected chi connectivity index (χ2v) is 10.9. The third-order valence-corrected chi connectivity index (χ3v) is 8.33. The zero-order valence-corrected chi connectivity index (χ0v) is 21.4. The van der Waals surface area contributed by atoms with Gasteiger partial charge in [-0.2, -0.15) is 0 Å². The molecule has 1 spiro atoms. The molecule has 11 nitrogen and oxygen atoms in total. The summed E-state index contributed by atoms with van der Waals surface area (Å²) in [6.45, 7) is 5.73. The van der Waals surface area contributed by atoms with E-state index in [4.69, 9.17) is 10.5 Å². The number of ether oxygens (including phenoxy) is 1. The molecule has 0 bridgehead atoms. The van der Waals surface area contributed by atoms with Gasteiger partial charge in [-0.05, 0) is 56.7 Å². The fourth-order valence-electron chi connectivity index (χ4n) is 5.92. The Morgan fingerprint density at radius 1 is 1.19 bits per heavy atom. The molecule has 2 saturated heterocycles. The first kappa shape index (κ1) is 23.8. The summed E-state index contributed by atoms with van der Waals surface area (Å²) in [4.78, 5) is 32.7. The van der Waals surface area contributed by atoms with Gasteiger partial charge in [0.25, 0.3) is 5.91 Å². The fourth-order valence-corrected chi connectivity index (χ4v) is 5.92. The molecule has 2 aliphatic rings. The van der Waals surface area contributed by atoms with E-state index in [0.29, 0.717) is 48.7 Å². The molecule has 6 rings (SSSR count). The van der Waals surface area contributed by atoms with E-state index in [-0.39, 0.29) is 24.0 Å². The van der Waals surface area contributed by atoms with Gasteiger partial charge in [0, 0.05) is 25.7 Å². The molecule has 11 heteroatoms. The van der Waals surface area contributed by atoms with E-state index in [1.165, 1.54) is 6.33 Å². The summed E-state index contributed by atoms with van der Waals surface area (Å²) in [5.41, 5.74) is 8.33. The minimum absolute atomic E-state index is 0.0194. The SMILES string of the molecule is Cc1nc2cc(C(=O)N3CCC4(CC3)COC[C@@](C)(O)[C@H](n3cnc5c(N)ncnc53)C4)ccc2n1C. The molecular weight excluding hydrogens is 472 g/mol. The summed E-state index contributed by atoms with van der Waals surface area (Å²) >= 11 is 0. The Morgan fingerprint density at radius 3 is 2.76 bits per heavy atom. The minimum Gasteiger partial charge on any atom is -0.386 e. The second kappa shape index (κ2) is 8.49. The van der Waals surface area contributed by atoms with E-state index in [1.54, 1.807) is 13.3 Å². The van der Waals surface area contributed by atoms with Crippen LogP contribution in [-0.4, -0.2) is 76.9 Å². The molecule has 1 amide bonds. The highest BCUT2D eigenvalue weighted by Crippen LogP contribution is 2.46. The fraction of sp³-hybridized carbons (Fsp3) is 0.500. The van der Waals surface area contributed by atoms with Crippen LogP contribution >= 0.6 is 0 Å². The molecule has 37 heavy (non-hydrogen) atoms. The van der Waals surface area contributed by atoms with Crippen LogP contribution in [0.3, 0.4) is 0 Å². The summed E-state index contributed by atoms with van der Waals surface area (Å²) in [6.07, 6.45) is 5.33. The van der Waals surface area contributed by atoms with Crippen LogP contribution in [0.25, 0.3) is 22.2 Å². The Balaban J connectivity index is 1.23. The molecular formula is C26H32N8O3. The number of carbonyl (C=O) groups is 1. The Kier molecular flexibility index (Phi) is 5.46. The van der Waals surface area contributed by atoms with E-state index >= 15 is 0 Å². The standard InChI is InChI=1S/C26H32N8O3/c1-16-31-18-10-17(4-5-19(18)32(16)3)24(35)33-8-6-26(7-9-33)11-20(25(2,36)12-37-13-26)34-15-30-21-22(27)28-14-29-23(21)34/h4-5,10,14-15,20,36H,6-9,11-13H2,1-3H3,(H2,27,28,29)/t20-,25-/m1/s1. The van der Waals surface area contributed by atoms with Crippen LogP contribution in [0.5, 0.6) is 0 Å². The topological polar surface area (TPSA) is 137 Å². The lowest BCUT2D eigenvalue weighted by molar-refractivity contribution is -0.0528. The molecule has 0 radical (unpaired) electrons. The summed E-state index contributed by atoms with van der Waals surface area (Å²) in [5.74, 6) is 1.25. The van der Waals surface area contributed by atoms with E-state index in [2.05, 4.69) is 19.9 Å². The molecule has 2 atom stereocenters. The number of carbonyl (C=O) groups excluding carboxylic acids is 1. The van der Waals surface area contributed by atoms with Crippen LogP contribution in [0, 0.1) is 12.3 Å². The Morgan fingerprint density at radius 2 is 1.97 bits per heavy atom. The van der Waals surface area contributed by atoms with Crippen molar-refractivity contribution in [3.05, 3.63) is 42.2 Å². The highest BCUT2D eigenvalue weighted by atomic mass is 16.5. The van der Waals surface area contributed by atoms with Gasteiger partial charge in [0.1, 0.15) is 23.3 Å². The van der Waals surface area contributed by atoms with Gasteiger partial charge < -0.3 is 29.6 Å². The number of benzene rings is 1. The molecule has 5 heterocycles. The predicted molar refractivity (Wildman–Crippen MR) is 138 cm³/mol. The highest BCUT2D eigenvalue weighted by molar-refractivity contribution is 5.97. The smallest absolute Gasteiger partial charge is 0.253 e. The van der Waals surface area contributed by atoms with Gasteiger partial charge in [0.15, 0.2) is 11.5 Å². The van der Waals surface area contributed by atoms with E-state index in [0.717, 1.165) is 29.7 Å². The molecule has 3 N–H and O–H groups in total. The van der Waals surface area contributed by atoms with Gasteiger partial charge in [-0.15, -0.1) is 0 Å². The number of anilines is 1. The van der Waals surface area contributed by atoms with Crippen LogP contribution in [-0.2, 0) is 11.8 Å². The van der Waals surface area contributed by atoms with Crippen molar-refractivity contribution in [3.8, 4) is 0 Å². The summed E-state index contributed by atoms with van der Waals surface area (Å²) < 4.78 is 9.99. The largest absolute Gasteiger partial charge is 0.386 e. The zero-order valence-electron chi connectivity index (χ0n) is 21.4. The van der Waals surface area contributed by atoms with Crippen molar-refractivity contribution in [2.45, 2.75) is 44.8 Å². The number of aromatic nitrogens is 6. The first-order valence-corrected chi connectivity index (χ1v) is 12.6. The molecule has 0 aliphatic carbocycles. The zero-order chi connectivity index (χ0) is 25.9. The number of imidazole rings is 2. The summed E-state index contributed by atoms with van der Waals surface area (Å²) in [7, 11) is 1.98. The number of hydrogen-bond acceptors (Lipinski definition) is 8. The minimum atomic E-state index is -1.12. The lowest BCUT2D eigenvalue weighted by Gasteiger charge is -2.43. The molecule has 2 aliphatic heterocycles. The summed E-state index contributed by atoms with van der Waals surface area (Å²) in [6, 6.07) is 5.42. The molecule has 1 aromatic carbocycles. The average molecular weight is 505 g/mol. The molecule has 0 saturated carbocycles. The second-order valence-electron chi connectivity index (χ2n) is 10.9. The maximum Gasteiger partial charge on any atom is 0.253 e. The third-order valence-electron chi connectivity index (χ3n) is 8.33. The van der Waals surface area contributed by atoms with Gasteiger partial charge in [-0.3, -0.25) is 4.79 Å². The molecule has 0 unspecified atom stereocenters. The Labute approximate surface area is 214 Å². The van der Waals surface area contributed by atoms with Crippen molar-refractivity contribution in [2.75, 3.05) is 32.0 Å². The third kappa shape index (κ3) is 3.93. The number of fused-ring (bicyclic) bond motifs is 2. The van der Waals surface area contributed by atoms with Crippen LogP contribution in [0.15, 0.2) is 30.9 Å². The lowest BCUT2D eigenvalue weighted by atomic mass is 9.72. The maximum absolute atomic E-state index is 13.4. The first-order chi connectivity index (χ1) is 17.7. The van der Waals surface area contributed by atoms with Gasteiger partial charge in [-0.25, -0.2) is 19.9 Å². The monoisotopic (exact) mass is 504 g/mol. The van der Waals surface area contributed by atoms with Crippen LogP contribution in [0.4, 0.5) is 5.82 Å². The number of likely N-dealkylation sites (tertiary alicyclic amines) is 1. The molecule has 4 aromatic rings. The number of nitrogens with zero attached hydrogens (tertiary/aromatic N) is 7. The number of aliphatic hydroxyl groups is 1. The van der Waals surface area contributed by atoms with Crippen molar-refractivity contribution in [1.29, 1.82) is 0 Å². The predicted octanol–water partition coefficient (Wildman–Crippen LogP) is 2.24. The first-order valence-electron chi connectivity index (χ1n) is 12.6. The molecule has 2 fully saturated rings. The van der Waals surface area contributed by atoms with E-state index in [9.17, 15) is 9.90 Å². The number of piperidine rings is 1. The van der Waals surface area contributed by atoms with Gasteiger partial charge in [0.05, 0.1) is 36.6 Å². The Bertz CT molecular complexity index is 1500. The number of nitrogen functional groups attached to an aromatic ring is 1. The Hall–Kier alpha value is -3.57. The number of hydrogen-bond donors (Lipinski definition) is 2. The highest BCUT2D eigenvalue weighted by Gasteiger charge is 2.47. The number of amides is 1. The quantitative estimate of drug-likeness (QED) is 0.424. The van der Waals surface area contributed by atoms with Crippen molar-refractivity contribution in [2.24, 2.45) is 12.5 Å². The van der Waals surface area contributed by atoms with Gasteiger partial charge in [-0.1, -0.05) is 0 Å². The van der Waals surface area contributed by atoms with Gasteiger partial charge >= 0.3 is 0 Å². The molecule has 194 valence electrons. The van der Waals surface area contributed by atoms with Crippen molar-refractivity contribution in [1.82, 2.24) is 34.0 Å².